The van der Waals surface area contributed by atoms with Gasteiger partial charge in [-0.05, 0) is 43.3 Å². The molecule has 0 saturated heterocycles. The predicted molar refractivity (Wildman–Crippen MR) is 96.3 cm³/mol. The van der Waals surface area contributed by atoms with Crippen molar-refractivity contribution >= 4 is 27.3 Å². The molecule has 2 aromatic carbocycles. The zero-order chi connectivity index (χ0) is 17.4. The van der Waals surface area contributed by atoms with Crippen LogP contribution < -0.4 is 10.0 Å². The highest BCUT2D eigenvalue weighted by molar-refractivity contribution is 7.92. The monoisotopic (exact) mass is 342 g/mol. The van der Waals surface area contributed by atoms with Crippen molar-refractivity contribution in [3.63, 3.8) is 0 Å². The summed E-state index contributed by atoms with van der Waals surface area (Å²) in [5, 5.41) is 2.65. The summed E-state index contributed by atoms with van der Waals surface area (Å²) >= 11 is 0. The molecular weight excluding hydrogens is 324 g/mol. The van der Waals surface area contributed by atoms with Crippen LogP contribution in [-0.4, -0.2) is 14.3 Å². The summed E-state index contributed by atoms with van der Waals surface area (Å²) in [6.07, 6.45) is 6.56. The van der Waals surface area contributed by atoms with E-state index in [0.29, 0.717) is 11.4 Å². The van der Waals surface area contributed by atoms with Gasteiger partial charge in [0, 0.05) is 17.5 Å². The molecule has 6 heteroatoms. The van der Waals surface area contributed by atoms with Crippen molar-refractivity contribution in [2.75, 3.05) is 10.0 Å². The van der Waals surface area contributed by atoms with E-state index in [0.717, 1.165) is 0 Å². The van der Waals surface area contributed by atoms with Crippen LogP contribution in [0.4, 0.5) is 11.4 Å². The Balaban J connectivity index is 2.07. The first-order chi connectivity index (χ1) is 11.5. The number of anilines is 2. The van der Waals surface area contributed by atoms with Gasteiger partial charge in [0.2, 0.25) is 5.91 Å². The molecule has 0 spiro atoms. The van der Waals surface area contributed by atoms with Crippen LogP contribution in [0, 0.1) is 0 Å². The van der Waals surface area contributed by atoms with Crippen LogP contribution in [-0.2, 0) is 14.8 Å². The van der Waals surface area contributed by atoms with Gasteiger partial charge in [0.1, 0.15) is 0 Å². The van der Waals surface area contributed by atoms with Crippen molar-refractivity contribution in [3.05, 3.63) is 78.9 Å². The molecule has 5 nitrogen and oxygen atoms in total. The van der Waals surface area contributed by atoms with Gasteiger partial charge in [-0.1, -0.05) is 36.4 Å². The topological polar surface area (TPSA) is 75.3 Å². The number of benzene rings is 2. The van der Waals surface area contributed by atoms with Gasteiger partial charge in [-0.15, -0.1) is 0 Å². The van der Waals surface area contributed by atoms with Crippen LogP contribution >= 0.6 is 0 Å². The van der Waals surface area contributed by atoms with E-state index in [2.05, 4.69) is 10.0 Å². The fourth-order valence-electron chi connectivity index (χ4n) is 1.88. The quantitative estimate of drug-likeness (QED) is 0.622. The van der Waals surface area contributed by atoms with E-state index in [9.17, 15) is 13.2 Å². The minimum Gasteiger partial charge on any atom is -0.323 e. The third-order valence-corrected chi connectivity index (χ3v) is 4.41. The molecule has 24 heavy (non-hydrogen) atoms. The lowest BCUT2D eigenvalue weighted by molar-refractivity contribution is -0.111. The summed E-state index contributed by atoms with van der Waals surface area (Å²) in [5.41, 5.74) is 1.01. The average Bonchev–Trinajstić information content (AvgIpc) is 2.56. The maximum atomic E-state index is 12.3. The second-order valence-corrected chi connectivity index (χ2v) is 6.55. The predicted octanol–water partition coefficient (Wildman–Crippen LogP) is 3.56. The van der Waals surface area contributed by atoms with Crippen LogP contribution in [0.1, 0.15) is 6.92 Å². The van der Waals surface area contributed by atoms with E-state index in [1.54, 1.807) is 54.6 Å². The second kappa shape index (κ2) is 8.12. The number of hydrogen-bond donors (Lipinski definition) is 2. The highest BCUT2D eigenvalue weighted by Crippen LogP contribution is 2.18. The number of nitrogens with one attached hydrogen (secondary N) is 2. The van der Waals surface area contributed by atoms with E-state index in [-0.39, 0.29) is 10.8 Å². The van der Waals surface area contributed by atoms with E-state index < -0.39 is 10.0 Å². The number of amides is 1. The molecule has 0 aliphatic carbocycles. The number of carbonyl (C=O) groups is 1. The second-order valence-electron chi connectivity index (χ2n) is 4.87. The Hall–Kier alpha value is -2.86. The Morgan fingerprint density at radius 3 is 2.21 bits per heavy atom. The first kappa shape index (κ1) is 17.5. The molecule has 0 saturated carbocycles. The molecule has 0 bridgehead atoms. The summed E-state index contributed by atoms with van der Waals surface area (Å²) in [6, 6.07) is 14.6. The lowest BCUT2D eigenvalue weighted by Crippen LogP contribution is -2.13. The lowest BCUT2D eigenvalue weighted by atomic mass is 10.3. The van der Waals surface area contributed by atoms with Crippen molar-refractivity contribution in [1.82, 2.24) is 0 Å². The largest absolute Gasteiger partial charge is 0.323 e. The zero-order valence-corrected chi connectivity index (χ0v) is 14.0. The molecule has 0 atom stereocenters. The third-order valence-electron chi connectivity index (χ3n) is 3.01. The average molecular weight is 342 g/mol. The molecule has 0 radical (unpaired) electrons. The zero-order valence-electron chi connectivity index (χ0n) is 13.1. The highest BCUT2D eigenvalue weighted by atomic mass is 32.2. The Morgan fingerprint density at radius 1 is 0.917 bits per heavy atom. The summed E-state index contributed by atoms with van der Waals surface area (Å²) in [4.78, 5) is 11.8. The summed E-state index contributed by atoms with van der Waals surface area (Å²) in [6.45, 7) is 1.85. The molecule has 124 valence electrons. The van der Waals surface area contributed by atoms with E-state index in [1.165, 1.54) is 18.2 Å². The molecule has 0 aliphatic rings. The van der Waals surface area contributed by atoms with Crippen LogP contribution in [0.25, 0.3) is 0 Å². The van der Waals surface area contributed by atoms with Crippen LogP contribution in [0.15, 0.2) is 83.8 Å². The number of carbonyl (C=O) groups excluding carboxylic acids is 1. The van der Waals surface area contributed by atoms with Gasteiger partial charge < -0.3 is 5.32 Å². The minimum absolute atomic E-state index is 0.119. The molecule has 0 aromatic heterocycles. The first-order valence-electron chi connectivity index (χ1n) is 7.29. The molecule has 2 rings (SSSR count). The lowest BCUT2D eigenvalue weighted by Gasteiger charge is -2.09. The van der Waals surface area contributed by atoms with Gasteiger partial charge >= 0.3 is 0 Å². The highest BCUT2D eigenvalue weighted by Gasteiger charge is 2.13. The SMILES string of the molecule is CC=CC=CC(=O)Nc1ccc(S(=O)(=O)Nc2ccccc2)cc1. The Bertz CT molecular complexity index is 840. The molecule has 0 aliphatic heterocycles. The summed E-state index contributed by atoms with van der Waals surface area (Å²) in [5.74, 6) is -0.286. The molecule has 1 amide bonds. The van der Waals surface area contributed by atoms with Crippen LogP contribution in [0.2, 0.25) is 0 Å². The molecule has 2 N–H and O–H groups in total. The van der Waals surface area contributed by atoms with Crippen LogP contribution in [0.3, 0.4) is 0 Å². The number of para-hydroxylation sites is 1. The van der Waals surface area contributed by atoms with Gasteiger partial charge in [0.05, 0.1) is 4.90 Å². The fourth-order valence-corrected chi connectivity index (χ4v) is 2.93. The number of allylic oxidation sites excluding steroid dienone is 3. The molecule has 0 fully saturated rings. The van der Waals surface area contributed by atoms with Crippen molar-refractivity contribution in [3.8, 4) is 0 Å². The van der Waals surface area contributed by atoms with Gasteiger partial charge in [0.15, 0.2) is 0 Å². The Kier molecular flexibility index (Phi) is 5.92. The first-order valence-corrected chi connectivity index (χ1v) is 8.78. The number of rotatable bonds is 6. The smallest absolute Gasteiger partial charge is 0.261 e. The van der Waals surface area contributed by atoms with Crippen LogP contribution in [0.5, 0.6) is 0 Å². The number of hydrogen-bond acceptors (Lipinski definition) is 3. The molecule has 2 aromatic rings. The Labute approximate surface area is 141 Å². The van der Waals surface area contributed by atoms with E-state index >= 15 is 0 Å². The van der Waals surface area contributed by atoms with Crippen molar-refractivity contribution in [2.45, 2.75) is 11.8 Å². The van der Waals surface area contributed by atoms with E-state index in [4.69, 9.17) is 0 Å². The van der Waals surface area contributed by atoms with Gasteiger partial charge in [-0.3, -0.25) is 9.52 Å². The molecule has 0 heterocycles. The maximum Gasteiger partial charge on any atom is 0.261 e. The standard InChI is InChI=1S/C18H18N2O3S/c1-2-3-5-10-18(21)19-15-11-13-17(14-12-15)24(22,23)20-16-8-6-4-7-9-16/h2-14,20H,1H3,(H,19,21). The fraction of sp³-hybridized carbons (Fsp3) is 0.0556. The van der Waals surface area contributed by atoms with Crippen molar-refractivity contribution in [1.29, 1.82) is 0 Å². The Morgan fingerprint density at radius 2 is 1.58 bits per heavy atom. The summed E-state index contributed by atoms with van der Waals surface area (Å²) < 4.78 is 27.1. The minimum atomic E-state index is -3.66. The third kappa shape index (κ3) is 5.10. The molecular formula is C18H18N2O3S. The van der Waals surface area contributed by atoms with Gasteiger partial charge in [-0.25, -0.2) is 8.42 Å². The summed E-state index contributed by atoms with van der Waals surface area (Å²) in [7, 11) is -3.66. The van der Waals surface area contributed by atoms with Gasteiger partial charge in [-0.2, -0.15) is 0 Å². The molecule has 0 unspecified atom stereocenters. The normalized spacial score (nSPS) is 11.7. The van der Waals surface area contributed by atoms with Gasteiger partial charge in [0.25, 0.3) is 10.0 Å². The number of sulfonamides is 1. The van der Waals surface area contributed by atoms with E-state index in [1.807, 2.05) is 13.0 Å². The maximum absolute atomic E-state index is 12.3. The van der Waals surface area contributed by atoms with Crippen molar-refractivity contribution in [2.24, 2.45) is 0 Å². The van der Waals surface area contributed by atoms with Crippen molar-refractivity contribution < 1.29 is 13.2 Å².